The summed E-state index contributed by atoms with van der Waals surface area (Å²) in [5, 5.41) is 13.5. The van der Waals surface area contributed by atoms with Crippen LogP contribution >= 0.6 is 0 Å². The highest BCUT2D eigenvalue weighted by Gasteiger charge is 2.25. The van der Waals surface area contributed by atoms with Gasteiger partial charge >= 0.3 is 5.97 Å². The molecular weight excluding hydrogens is 412 g/mol. The number of para-hydroxylation sites is 2. The standard InChI is InChI=1S/C24H20N2O6/c1-15-11-13-17(14-12-15)22(27)18-7-3-4-8-19(18)24(29)32-16(2)23(28)25-20-9-5-6-10-21(20)26(30)31/h3-14,16H,1-2H3,(H,25,28). The second-order valence-corrected chi connectivity index (χ2v) is 7.05. The fraction of sp³-hybridized carbons (Fsp3) is 0.125. The summed E-state index contributed by atoms with van der Waals surface area (Å²) in [5.74, 6) is -1.95. The number of anilines is 1. The average Bonchev–Trinajstić information content (AvgIpc) is 2.79. The maximum absolute atomic E-state index is 12.9. The number of nitrogens with one attached hydrogen (secondary N) is 1. The van der Waals surface area contributed by atoms with E-state index in [2.05, 4.69) is 5.32 Å². The monoisotopic (exact) mass is 432 g/mol. The number of ketones is 1. The average molecular weight is 432 g/mol. The van der Waals surface area contributed by atoms with Crippen LogP contribution in [0.15, 0.2) is 72.8 Å². The molecule has 0 saturated heterocycles. The number of aryl methyl sites for hydroxylation is 1. The van der Waals surface area contributed by atoms with Gasteiger partial charge in [0.2, 0.25) is 0 Å². The van der Waals surface area contributed by atoms with Crippen LogP contribution in [0.5, 0.6) is 0 Å². The third kappa shape index (κ3) is 5.04. The zero-order chi connectivity index (χ0) is 23.3. The Kier molecular flexibility index (Phi) is 6.74. The highest BCUT2D eigenvalue weighted by Crippen LogP contribution is 2.24. The predicted octanol–water partition coefficient (Wildman–Crippen LogP) is 4.32. The van der Waals surface area contributed by atoms with Crippen LogP contribution in [0.2, 0.25) is 0 Å². The summed E-state index contributed by atoms with van der Waals surface area (Å²) in [6, 6.07) is 18.7. The van der Waals surface area contributed by atoms with Crippen molar-refractivity contribution in [2.45, 2.75) is 20.0 Å². The lowest BCUT2D eigenvalue weighted by atomic mass is 9.98. The highest BCUT2D eigenvalue weighted by molar-refractivity contribution is 6.14. The van der Waals surface area contributed by atoms with Crippen molar-refractivity contribution in [3.05, 3.63) is 105 Å². The van der Waals surface area contributed by atoms with Gasteiger partial charge in [0.1, 0.15) is 5.69 Å². The van der Waals surface area contributed by atoms with Crippen LogP contribution in [-0.2, 0) is 9.53 Å². The van der Waals surface area contributed by atoms with Gasteiger partial charge in [-0.05, 0) is 26.0 Å². The number of nitro benzene ring substituents is 1. The number of carbonyl (C=O) groups excluding carboxylic acids is 3. The number of hydrogen-bond acceptors (Lipinski definition) is 6. The van der Waals surface area contributed by atoms with Gasteiger partial charge in [-0.1, -0.05) is 60.2 Å². The molecule has 0 aliphatic carbocycles. The molecule has 0 bridgehead atoms. The molecule has 1 N–H and O–H groups in total. The van der Waals surface area contributed by atoms with E-state index in [9.17, 15) is 24.5 Å². The summed E-state index contributed by atoms with van der Waals surface area (Å²) in [5.41, 5.74) is 1.27. The van der Waals surface area contributed by atoms with E-state index in [0.29, 0.717) is 5.56 Å². The first kappa shape index (κ1) is 22.4. The van der Waals surface area contributed by atoms with Crippen LogP contribution in [0, 0.1) is 17.0 Å². The van der Waals surface area contributed by atoms with Gasteiger partial charge in [0.25, 0.3) is 11.6 Å². The highest BCUT2D eigenvalue weighted by atomic mass is 16.6. The van der Waals surface area contributed by atoms with Gasteiger partial charge in [0.05, 0.1) is 10.5 Å². The van der Waals surface area contributed by atoms with E-state index >= 15 is 0 Å². The van der Waals surface area contributed by atoms with Crippen molar-refractivity contribution in [2.75, 3.05) is 5.32 Å². The van der Waals surface area contributed by atoms with Gasteiger partial charge in [0, 0.05) is 17.2 Å². The first-order valence-corrected chi connectivity index (χ1v) is 9.73. The number of amides is 1. The minimum absolute atomic E-state index is 0.0136. The number of esters is 1. The molecule has 1 unspecified atom stereocenters. The molecule has 32 heavy (non-hydrogen) atoms. The van der Waals surface area contributed by atoms with Crippen molar-refractivity contribution >= 4 is 29.0 Å². The van der Waals surface area contributed by atoms with E-state index in [1.54, 1.807) is 36.4 Å². The molecule has 0 heterocycles. The zero-order valence-electron chi connectivity index (χ0n) is 17.4. The molecule has 162 valence electrons. The van der Waals surface area contributed by atoms with Crippen molar-refractivity contribution in [1.29, 1.82) is 0 Å². The van der Waals surface area contributed by atoms with Crippen LogP contribution in [0.3, 0.4) is 0 Å². The largest absolute Gasteiger partial charge is 0.449 e. The Morgan fingerprint density at radius 1 is 0.906 bits per heavy atom. The smallest absolute Gasteiger partial charge is 0.339 e. The van der Waals surface area contributed by atoms with Gasteiger partial charge in [-0.25, -0.2) is 4.79 Å². The second kappa shape index (κ2) is 9.65. The molecule has 3 rings (SSSR count). The molecule has 0 aromatic heterocycles. The number of nitrogens with zero attached hydrogens (tertiary/aromatic N) is 1. The zero-order valence-corrected chi connectivity index (χ0v) is 17.4. The quantitative estimate of drug-likeness (QED) is 0.257. The summed E-state index contributed by atoms with van der Waals surface area (Å²) < 4.78 is 5.24. The van der Waals surface area contributed by atoms with Crippen molar-refractivity contribution in [1.82, 2.24) is 0 Å². The maximum Gasteiger partial charge on any atom is 0.339 e. The minimum Gasteiger partial charge on any atom is -0.449 e. The molecular formula is C24H20N2O6. The van der Waals surface area contributed by atoms with Gasteiger partial charge in [-0.2, -0.15) is 0 Å². The van der Waals surface area contributed by atoms with Crippen LogP contribution in [0.4, 0.5) is 11.4 Å². The lowest BCUT2D eigenvalue weighted by molar-refractivity contribution is -0.383. The molecule has 8 heteroatoms. The van der Waals surface area contributed by atoms with Crippen molar-refractivity contribution < 1.29 is 24.0 Å². The molecule has 3 aromatic carbocycles. The first-order valence-electron chi connectivity index (χ1n) is 9.73. The molecule has 1 atom stereocenters. The second-order valence-electron chi connectivity index (χ2n) is 7.05. The van der Waals surface area contributed by atoms with Crippen molar-refractivity contribution in [2.24, 2.45) is 0 Å². The van der Waals surface area contributed by atoms with Crippen LogP contribution < -0.4 is 5.32 Å². The first-order chi connectivity index (χ1) is 15.3. The number of carbonyl (C=O) groups is 3. The number of nitro groups is 1. The summed E-state index contributed by atoms with van der Waals surface area (Å²) in [6.07, 6.45) is -1.26. The van der Waals surface area contributed by atoms with E-state index in [4.69, 9.17) is 4.74 Å². The Bertz CT molecular complexity index is 1190. The molecule has 0 fully saturated rings. The third-order valence-corrected chi connectivity index (χ3v) is 4.72. The van der Waals surface area contributed by atoms with Gasteiger partial charge in [0.15, 0.2) is 11.9 Å². The van der Waals surface area contributed by atoms with E-state index in [1.807, 2.05) is 6.92 Å². The number of hydrogen-bond donors (Lipinski definition) is 1. The molecule has 3 aromatic rings. The van der Waals surface area contributed by atoms with Crippen LogP contribution in [-0.4, -0.2) is 28.7 Å². The molecule has 0 aliphatic rings. The molecule has 1 amide bonds. The van der Waals surface area contributed by atoms with Gasteiger partial charge < -0.3 is 10.1 Å². The lowest BCUT2D eigenvalue weighted by Gasteiger charge is -2.15. The topological polar surface area (TPSA) is 116 Å². The van der Waals surface area contributed by atoms with E-state index in [-0.39, 0.29) is 28.3 Å². The molecule has 0 aliphatic heterocycles. The number of rotatable bonds is 7. The van der Waals surface area contributed by atoms with E-state index in [0.717, 1.165) is 5.56 Å². The van der Waals surface area contributed by atoms with E-state index < -0.39 is 22.9 Å². The predicted molar refractivity (Wildman–Crippen MR) is 118 cm³/mol. The Morgan fingerprint density at radius 2 is 1.50 bits per heavy atom. The summed E-state index contributed by atoms with van der Waals surface area (Å²) in [7, 11) is 0. The maximum atomic E-state index is 12.9. The van der Waals surface area contributed by atoms with E-state index in [1.165, 1.54) is 43.3 Å². The van der Waals surface area contributed by atoms with Crippen molar-refractivity contribution in [3.63, 3.8) is 0 Å². The van der Waals surface area contributed by atoms with Gasteiger partial charge in [-0.3, -0.25) is 19.7 Å². The summed E-state index contributed by atoms with van der Waals surface area (Å²) in [4.78, 5) is 48.6. The molecule has 0 saturated carbocycles. The Labute approximate surface area is 184 Å². The number of ether oxygens (including phenoxy) is 1. The minimum atomic E-state index is -1.26. The fourth-order valence-corrected chi connectivity index (χ4v) is 2.97. The van der Waals surface area contributed by atoms with Crippen LogP contribution in [0.1, 0.15) is 38.8 Å². The van der Waals surface area contributed by atoms with Gasteiger partial charge in [-0.15, -0.1) is 0 Å². The van der Waals surface area contributed by atoms with Crippen LogP contribution in [0.25, 0.3) is 0 Å². The Balaban J connectivity index is 1.76. The molecule has 8 nitrogen and oxygen atoms in total. The Hall–Kier alpha value is -4.33. The summed E-state index contributed by atoms with van der Waals surface area (Å²) in [6.45, 7) is 3.24. The fourth-order valence-electron chi connectivity index (χ4n) is 2.97. The number of benzene rings is 3. The normalized spacial score (nSPS) is 11.3. The SMILES string of the molecule is Cc1ccc(C(=O)c2ccccc2C(=O)OC(C)C(=O)Nc2ccccc2[N+](=O)[O-])cc1. The van der Waals surface area contributed by atoms with Crippen molar-refractivity contribution in [3.8, 4) is 0 Å². The lowest BCUT2D eigenvalue weighted by Crippen LogP contribution is -2.30. The third-order valence-electron chi connectivity index (χ3n) is 4.72. The molecule has 0 spiro atoms. The summed E-state index contributed by atoms with van der Waals surface area (Å²) >= 11 is 0. The molecule has 0 radical (unpaired) electrons. The Morgan fingerprint density at radius 3 is 2.16 bits per heavy atom.